The van der Waals surface area contributed by atoms with Crippen molar-refractivity contribution in [3.05, 3.63) is 70.9 Å². The van der Waals surface area contributed by atoms with Gasteiger partial charge in [-0.05, 0) is 45.9 Å². The van der Waals surface area contributed by atoms with Gasteiger partial charge in [0.1, 0.15) is 11.6 Å². The van der Waals surface area contributed by atoms with E-state index in [4.69, 9.17) is 9.84 Å². The van der Waals surface area contributed by atoms with E-state index in [9.17, 15) is 4.79 Å². The topological polar surface area (TPSA) is 56.2 Å². The Labute approximate surface area is 175 Å². The predicted octanol–water partition coefficient (Wildman–Crippen LogP) is 5.05. The molecule has 4 rings (SSSR count). The molecule has 150 valence electrons. The Kier molecular flexibility index (Phi) is 5.37. The maximum atomic E-state index is 12.5. The first-order chi connectivity index (χ1) is 13.9. The Bertz CT molecular complexity index is 1040. The van der Waals surface area contributed by atoms with Gasteiger partial charge >= 0.3 is 0 Å². The first kappa shape index (κ1) is 19.6. The molecule has 0 saturated carbocycles. The maximum Gasteiger partial charge on any atom is 0.235 e. The Balaban J connectivity index is 1.87. The number of fused-ring (bicyclic) bond motifs is 1. The van der Waals surface area contributed by atoms with E-state index in [0.717, 1.165) is 34.1 Å². The summed E-state index contributed by atoms with van der Waals surface area (Å²) in [6.07, 6.45) is 0.0718. The second-order valence-electron chi connectivity index (χ2n) is 7.54. The van der Waals surface area contributed by atoms with Crippen LogP contribution in [0.4, 0.5) is 5.82 Å². The van der Waals surface area contributed by atoms with Crippen LogP contribution in [0.5, 0.6) is 5.75 Å². The summed E-state index contributed by atoms with van der Waals surface area (Å²) in [4.78, 5) is 12.5. The van der Waals surface area contributed by atoms with Crippen LogP contribution in [0.3, 0.4) is 0 Å². The van der Waals surface area contributed by atoms with Crippen LogP contribution in [0, 0.1) is 13.8 Å². The van der Waals surface area contributed by atoms with Crippen molar-refractivity contribution in [1.29, 1.82) is 0 Å². The lowest BCUT2D eigenvalue weighted by atomic mass is 10.0. The van der Waals surface area contributed by atoms with Crippen molar-refractivity contribution in [2.24, 2.45) is 0 Å². The summed E-state index contributed by atoms with van der Waals surface area (Å²) in [7, 11) is 0. The average molecular weight is 408 g/mol. The fourth-order valence-corrected chi connectivity index (χ4v) is 4.77. The van der Waals surface area contributed by atoms with E-state index in [2.05, 4.69) is 30.4 Å². The molecule has 1 aromatic heterocycles. The summed E-state index contributed by atoms with van der Waals surface area (Å²) >= 11 is 1.61. The second-order valence-corrected chi connectivity index (χ2v) is 8.63. The first-order valence-corrected chi connectivity index (χ1v) is 10.8. The highest BCUT2D eigenvalue weighted by molar-refractivity contribution is 8.00. The highest BCUT2D eigenvalue weighted by atomic mass is 32.2. The number of nitrogens with one attached hydrogen (secondary N) is 1. The molecular formula is C23H25N3O2S. The third-order valence-corrected chi connectivity index (χ3v) is 6.10. The van der Waals surface area contributed by atoms with Crippen molar-refractivity contribution < 1.29 is 9.53 Å². The molecule has 0 unspecified atom stereocenters. The van der Waals surface area contributed by atoms with Crippen LogP contribution >= 0.6 is 11.8 Å². The Morgan fingerprint density at radius 3 is 2.59 bits per heavy atom. The molecule has 0 saturated heterocycles. The van der Waals surface area contributed by atoms with Crippen LogP contribution in [0.2, 0.25) is 0 Å². The zero-order valence-electron chi connectivity index (χ0n) is 17.1. The molecule has 0 bridgehead atoms. The number of para-hydroxylation sites is 1. The molecule has 29 heavy (non-hydrogen) atoms. The smallest absolute Gasteiger partial charge is 0.235 e. The number of nitrogens with zero attached hydrogens (tertiary/aromatic N) is 2. The lowest BCUT2D eigenvalue weighted by molar-refractivity contribution is -0.113. The number of hydrogen-bond donors (Lipinski definition) is 1. The van der Waals surface area contributed by atoms with Crippen LogP contribution in [0.25, 0.3) is 5.69 Å². The normalized spacial score (nSPS) is 16.3. The van der Waals surface area contributed by atoms with Gasteiger partial charge in [-0.15, -0.1) is 11.8 Å². The van der Waals surface area contributed by atoms with Crippen molar-refractivity contribution in [3.63, 3.8) is 0 Å². The average Bonchev–Trinajstić information content (AvgIpc) is 2.89. The van der Waals surface area contributed by atoms with Crippen molar-refractivity contribution in [2.75, 3.05) is 11.1 Å². The second kappa shape index (κ2) is 7.95. The fraction of sp³-hybridized carbons (Fsp3) is 0.304. The van der Waals surface area contributed by atoms with Gasteiger partial charge in [0.05, 0.1) is 28.5 Å². The number of thioether (sulfide) groups is 1. The SMILES string of the molecule is Cc1ccc(-n2nc(C)c3c2NC(=O)CS[C@@H]3c2ccccc2OC(C)C)cc1. The highest BCUT2D eigenvalue weighted by Crippen LogP contribution is 2.46. The molecule has 5 nitrogen and oxygen atoms in total. The van der Waals surface area contributed by atoms with Crippen molar-refractivity contribution in [2.45, 2.75) is 39.0 Å². The Hall–Kier alpha value is -2.73. The molecule has 2 heterocycles. The number of carbonyl (C=O) groups is 1. The molecule has 6 heteroatoms. The molecule has 1 N–H and O–H groups in total. The van der Waals surface area contributed by atoms with Gasteiger partial charge in [0.15, 0.2) is 0 Å². The standard InChI is InChI=1S/C23H25N3O2S/c1-14(2)28-19-8-6-5-7-18(19)22-21-16(4)25-26(17-11-9-15(3)10-12-17)23(21)24-20(27)13-29-22/h5-12,14,22H,13H2,1-4H3,(H,24,27)/t22-/m1/s1. The van der Waals surface area contributed by atoms with Gasteiger partial charge in [0, 0.05) is 11.1 Å². The molecule has 3 aromatic rings. The van der Waals surface area contributed by atoms with E-state index in [1.54, 1.807) is 11.8 Å². The number of anilines is 1. The molecular weight excluding hydrogens is 382 g/mol. The molecule has 0 spiro atoms. The molecule has 0 aliphatic carbocycles. The zero-order chi connectivity index (χ0) is 20.5. The Morgan fingerprint density at radius 2 is 1.86 bits per heavy atom. The van der Waals surface area contributed by atoms with Crippen LogP contribution in [0.15, 0.2) is 48.5 Å². The van der Waals surface area contributed by atoms with Crippen LogP contribution in [-0.2, 0) is 4.79 Å². The molecule has 0 fully saturated rings. The van der Waals surface area contributed by atoms with Crippen molar-refractivity contribution in [3.8, 4) is 11.4 Å². The number of ether oxygens (including phenoxy) is 1. The van der Waals surface area contributed by atoms with Crippen molar-refractivity contribution in [1.82, 2.24) is 9.78 Å². The van der Waals surface area contributed by atoms with E-state index in [0.29, 0.717) is 5.75 Å². The molecule has 0 radical (unpaired) electrons. The van der Waals surface area contributed by atoms with E-state index < -0.39 is 0 Å². The maximum absolute atomic E-state index is 12.5. The minimum absolute atomic E-state index is 0.0192. The van der Waals surface area contributed by atoms with Gasteiger partial charge in [-0.1, -0.05) is 35.9 Å². The summed E-state index contributed by atoms with van der Waals surface area (Å²) in [5, 5.41) is 7.82. The largest absolute Gasteiger partial charge is 0.491 e. The molecule has 1 amide bonds. The summed E-state index contributed by atoms with van der Waals surface area (Å²) in [5.41, 5.74) is 5.11. The van der Waals surface area contributed by atoms with Gasteiger partial charge in [0.25, 0.3) is 0 Å². The van der Waals surface area contributed by atoms with Crippen molar-refractivity contribution >= 4 is 23.5 Å². The van der Waals surface area contributed by atoms with E-state index in [1.165, 1.54) is 5.56 Å². The first-order valence-electron chi connectivity index (χ1n) is 9.77. The van der Waals surface area contributed by atoms with Crippen LogP contribution in [-0.4, -0.2) is 27.5 Å². The summed E-state index contributed by atoms with van der Waals surface area (Å²) < 4.78 is 7.92. The molecule has 1 aliphatic rings. The van der Waals surface area contributed by atoms with Gasteiger partial charge in [-0.2, -0.15) is 5.10 Å². The number of amides is 1. The molecule has 1 atom stereocenters. The van der Waals surface area contributed by atoms with Gasteiger partial charge < -0.3 is 10.1 Å². The summed E-state index contributed by atoms with van der Waals surface area (Å²) in [5.74, 6) is 1.95. The monoisotopic (exact) mass is 407 g/mol. The number of carbonyl (C=O) groups excluding carboxylic acids is 1. The van der Waals surface area contributed by atoms with Crippen LogP contribution in [0.1, 0.15) is 41.5 Å². The predicted molar refractivity (Wildman–Crippen MR) is 118 cm³/mol. The molecule has 1 aliphatic heterocycles. The number of aromatic nitrogens is 2. The Morgan fingerprint density at radius 1 is 1.14 bits per heavy atom. The fourth-order valence-electron chi connectivity index (χ4n) is 3.56. The van der Waals surface area contributed by atoms with Crippen LogP contribution < -0.4 is 10.1 Å². The van der Waals surface area contributed by atoms with Gasteiger partial charge in [-0.3, -0.25) is 4.79 Å². The number of hydrogen-bond acceptors (Lipinski definition) is 4. The third-order valence-electron chi connectivity index (χ3n) is 4.85. The van der Waals surface area contributed by atoms with E-state index >= 15 is 0 Å². The van der Waals surface area contributed by atoms with Gasteiger partial charge in [0.2, 0.25) is 5.91 Å². The highest BCUT2D eigenvalue weighted by Gasteiger charge is 2.32. The van der Waals surface area contributed by atoms with E-state index in [1.807, 2.05) is 55.8 Å². The summed E-state index contributed by atoms with van der Waals surface area (Å²) in [6.45, 7) is 8.10. The number of benzene rings is 2. The number of aryl methyl sites for hydroxylation is 2. The minimum Gasteiger partial charge on any atom is -0.491 e. The zero-order valence-corrected chi connectivity index (χ0v) is 17.9. The quantitative estimate of drug-likeness (QED) is 0.657. The lowest BCUT2D eigenvalue weighted by Gasteiger charge is -2.20. The lowest BCUT2D eigenvalue weighted by Crippen LogP contribution is -2.15. The molecule has 2 aromatic carbocycles. The summed E-state index contributed by atoms with van der Waals surface area (Å²) in [6, 6.07) is 16.2. The van der Waals surface area contributed by atoms with Gasteiger partial charge in [-0.25, -0.2) is 4.68 Å². The minimum atomic E-state index is -0.0434. The number of rotatable bonds is 4. The van der Waals surface area contributed by atoms with E-state index in [-0.39, 0.29) is 17.3 Å². The third kappa shape index (κ3) is 3.90.